The summed E-state index contributed by atoms with van der Waals surface area (Å²) < 4.78 is 0. The number of aryl methyl sites for hydroxylation is 1. The Bertz CT molecular complexity index is 730. The van der Waals surface area contributed by atoms with Crippen molar-refractivity contribution in [2.45, 2.75) is 38.5 Å². The van der Waals surface area contributed by atoms with Gasteiger partial charge in [0, 0.05) is 55.2 Å². The third-order valence-electron chi connectivity index (χ3n) is 5.40. The molecule has 1 aromatic carbocycles. The minimum Gasteiger partial charge on any atom is -0.372 e. The molecule has 0 spiro atoms. The molecule has 2 aliphatic heterocycles. The Morgan fingerprint density at radius 3 is 2.56 bits per heavy atom. The summed E-state index contributed by atoms with van der Waals surface area (Å²) in [6.07, 6.45) is 6.52. The molecule has 2 saturated heterocycles. The second-order valence-electron chi connectivity index (χ2n) is 7.28. The van der Waals surface area contributed by atoms with Crippen LogP contribution in [0.4, 0.5) is 5.69 Å². The summed E-state index contributed by atoms with van der Waals surface area (Å²) in [5.41, 5.74) is 3.10. The van der Waals surface area contributed by atoms with Gasteiger partial charge in [0.15, 0.2) is 0 Å². The van der Waals surface area contributed by atoms with E-state index in [-0.39, 0.29) is 5.91 Å². The standard InChI is InChI=1S/C20H26N4O/c1-15-13-21-19(22-15)17-5-4-12-24(14-17)20(25)16-6-8-18(9-7-16)23-10-2-3-11-23/h6-9,13,17H,2-5,10-12,14H2,1H3,(H,21,22). The van der Waals surface area contributed by atoms with E-state index in [1.165, 1.54) is 18.5 Å². The topological polar surface area (TPSA) is 52.2 Å². The molecule has 5 heteroatoms. The van der Waals surface area contributed by atoms with Crippen molar-refractivity contribution in [3.05, 3.63) is 47.5 Å². The van der Waals surface area contributed by atoms with Gasteiger partial charge in [-0.15, -0.1) is 0 Å². The van der Waals surface area contributed by atoms with Crippen LogP contribution in [0.5, 0.6) is 0 Å². The smallest absolute Gasteiger partial charge is 0.253 e. The Balaban J connectivity index is 1.44. The molecular weight excluding hydrogens is 312 g/mol. The molecule has 5 nitrogen and oxygen atoms in total. The van der Waals surface area contributed by atoms with Crippen molar-refractivity contribution in [1.82, 2.24) is 14.9 Å². The maximum atomic E-state index is 12.9. The molecule has 0 bridgehead atoms. The Morgan fingerprint density at radius 2 is 1.88 bits per heavy atom. The van der Waals surface area contributed by atoms with Crippen molar-refractivity contribution in [3.63, 3.8) is 0 Å². The molecule has 132 valence electrons. The first-order valence-corrected chi connectivity index (χ1v) is 9.36. The maximum absolute atomic E-state index is 12.9. The first kappa shape index (κ1) is 16.2. The molecule has 3 heterocycles. The summed E-state index contributed by atoms with van der Waals surface area (Å²) in [6.45, 7) is 5.86. The molecule has 0 aliphatic carbocycles. The average Bonchev–Trinajstić information content (AvgIpc) is 3.33. The fourth-order valence-corrected chi connectivity index (χ4v) is 4.00. The number of carbonyl (C=O) groups is 1. The summed E-state index contributed by atoms with van der Waals surface area (Å²) in [6, 6.07) is 8.15. The van der Waals surface area contributed by atoms with Crippen LogP contribution >= 0.6 is 0 Å². The number of piperidine rings is 1. The van der Waals surface area contributed by atoms with E-state index >= 15 is 0 Å². The van der Waals surface area contributed by atoms with Crippen LogP contribution in [0.3, 0.4) is 0 Å². The Morgan fingerprint density at radius 1 is 1.12 bits per heavy atom. The van der Waals surface area contributed by atoms with Crippen molar-refractivity contribution in [1.29, 1.82) is 0 Å². The van der Waals surface area contributed by atoms with Gasteiger partial charge in [0.05, 0.1) is 0 Å². The van der Waals surface area contributed by atoms with Gasteiger partial charge in [-0.05, 0) is 56.9 Å². The molecule has 2 fully saturated rings. The lowest BCUT2D eigenvalue weighted by molar-refractivity contribution is 0.0705. The molecule has 1 N–H and O–H groups in total. The van der Waals surface area contributed by atoms with Gasteiger partial charge in [-0.3, -0.25) is 4.79 Å². The van der Waals surface area contributed by atoms with Crippen molar-refractivity contribution in [2.75, 3.05) is 31.1 Å². The Kier molecular flexibility index (Phi) is 4.47. The van der Waals surface area contributed by atoms with E-state index in [1.54, 1.807) is 0 Å². The molecule has 1 amide bonds. The van der Waals surface area contributed by atoms with Gasteiger partial charge < -0.3 is 14.8 Å². The number of imidazole rings is 1. The number of hydrogen-bond donors (Lipinski definition) is 1. The maximum Gasteiger partial charge on any atom is 0.253 e. The molecule has 2 aliphatic rings. The van der Waals surface area contributed by atoms with Gasteiger partial charge in [0.25, 0.3) is 5.91 Å². The summed E-state index contributed by atoms with van der Waals surface area (Å²) in [5, 5.41) is 0. The zero-order valence-corrected chi connectivity index (χ0v) is 14.9. The number of amides is 1. The quantitative estimate of drug-likeness (QED) is 0.934. The van der Waals surface area contributed by atoms with E-state index in [0.717, 1.165) is 56.1 Å². The fourth-order valence-electron chi connectivity index (χ4n) is 4.00. The Labute approximate surface area is 149 Å². The summed E-state index contributed by atoms with van der Waals surface area (Å²) in [7, 11) is 0. The number of hydrogen-bond acceptors (Lipinski definition) is 3. The van der Waals surface area contributed by atoms with Crippen LogP contribution in [0.1, 0.15) is 53.5 Å². The minimum absolute atomic E-state index is 0.140. The zero-order chi connectivity index (χ0) is 17.2. The van der Waals surface area contributed by atoms with E-state index < -0.39 is 0 Å². The van der Waals surface area contributed by atoms with Crippen LogP contribution in [0.2, 0.25) is 0 Å². The van der Waals surface area contributed by atoms with Gasteiger partial charge in [-0.2, -0.15) is 0 Å². The molecule has 0 radical (unpaired) electrons. The SMILES string of the molecule is Cc1cnc(C2CCCN(C(=O)c3ccc(N4CCCC4)cc3)C2)[nH]1. The lowest BCUT2D eigenvalue weighted by Gasteiger charge is -2.32. The number of H-pyrrole nitrogens is 1. The zero-order valence-electron chi connectivity index (χ0n) is 14.9. The van der Waals surface area contributed by atoms with Gasteiger partial charge >= 0.3 is 0 Å². The first-order valence-electron chi connectivity index (χ1n) is 9.36. The second-order valence-corrected chi connectivity index (χ2v) is 7.28. The largest absolute Gasteiger partial charge is 0.372 e. The predicted molar refractivity (Wildman–Crippen MR) is 99.1 cm³/mol. The third kappa shape index (κ3) is 3.41. The summed E-state index contributed by atoms with van der Waals surface area (Å²) in [4.78, 5) is 25.1. The summed E-state index contributed by atoms with van der Waals surface area (Å²) in [5.74, 6) is 1.47. The lowest BCUT2D eigenvalue weighted by atomic mass is 9.96. The number of benzene rings is 1. The Hall–Kier alpha value is -2.30. The molecular formula is C20H26N4O. The van der Waals surface area contributed by atoms with Crippen molar-refractivity contribution < 1.29 is 4.79 Å². The predicted octanol–water partition coefficient (Wildman–Crippen LogP) is 3.34. The van der Waals surface area contributed by atoms with Crippen LogP contribution in [0.15, 0.2) is 30.5 Å². The fraction of sp³-hybridized carbons (Fsp3) is 0.500. The van der Waals surface area contributed by atoms with Gasteiger partial charge in [-0.1, -0.05) is 0 Å². The van der Waals surface area contributed by atoms with E-state index in [0.29, 0.717) is 5.92 Å². The lowest BCUT2D eigenvalue weighted by Crippen LogP contribution is -2.39. The highest BCUT2D eigenvalue weighted by Gasteiger charge is 2.27. The van der Waals surface area contributed by atoms with Gasteiger partial charge in [0.2, 0.25) is 0 Å². The van der Waals surface area contributed by atoms with Crippen LogP contribution < -0.4 is 4.90 Å². The minimum atomic E-state index is 0.140. The van der Waals surface area contributed by atoms with Crippen LogP contribution in [-0.2, 0) is 0 Å². The first-order chi connectivity index (χ1) is 12.2. The monoisotopic (exact) mass is 338 g/mol. The number of carbonyl (C=O) groups excluding carboxylic acids is 1. The third-order valence-corrected chi connectivity index (χ3v) is 5.40. The highest BCUT2D eigenvalue weighted by Crippen LogP contribution is 2.27. The number of anilines is 1. The highest BCUT2D eigenvalue weighted by atomic mass is 16.2. The molecule has 25 heavy (non-hydrogen) atoms. The molecule has 2 aromatic rings. The van der Waals surface area contributed by atoms with Crippen molar-refractivity contribution >= 4 is 11.6 Å². The number of aromatic nitrogens is 2. The second kappa shape index (κ2) is 6.90. The van der Waals surface area contributed by atoms with E-state index in [4.69, 9.17) is 0 Å². The van der Waals surface area contributed by atoms with Crippen molar-refractivity contribution in [3.8, 4) is 0 Å². The summed E-state index contributed by atoms with van der Waals surface area (Å²) >= 11 is 0. The molecule has 1 atom stereocenters. The number of nitrogens with one attached hydrogen (secondary N) is 1. The van der Waals surface area contributed by atoms with Crippen LogP contribution in [-0.4, -0.2) is 47.0 Å². The van der Waals surface area contributed by atoms with E-state index in [9.17, 15) is 4.79 Å². The van der Waals surface area contributed by atoms with Crippen LogP contribution in [0.25, 0.3) is 0 Å². The van der Waals surface area contributed by atoms with Gasteiger partial charge in [-0.25, -0.2) is 4.98 Å². The molecule has 4 rings (SSSR count). The molecule has 1 unspecified atom stereocenters. The molecule has 0 saturated carbocycles. The van der Waals surface area contributed by atoms with Gasteiger partial charge in [0.1, 0.15) is 5.82 Å². The highest BCUT2D eigenvalue weighted by molar-refractivity contribution is 5.94. The number of rotatable bonds is 3. The van der Waals surface area contributed by atoms with E-state index in [1.807, 2.05) is 30.2 Å². The number of aromatic amines is 1. The number of likely N-dealkylation sites (tertiary alicyclic amines) is 1. The van der Waals surface area contributed by atoms with Crippen molar-refractivity contribution in [2.24, 2.45) is 0 Å². The average molecular weight is 338 g/mol. The number of nitrogens with zero attached hydrogens (tertiary/aromatic N) is 3. The van der Waals surface area contributed by atoms with E-state index in [2.05, 4.69) is 27.0 Å². The molecule has 1 aromatic heterocycles. The normalized spacial score (nSPS) is 20.9. The van der Waals surface area contributed by atoms with Crippen LogP contribution in [0, 0.1) is 6.92 Å².